The molecular formula is C31H40N2O4. The van der Waals surface area contributed by atoms with Crippen molar-refractivity contribution in [2.24, 2.45) is 0 Å². The van der Waals surface area contributed by atoms with Gasteiger partial charge in [0.2, 0.25) is 5.91 Å². The molecule has 1 aliphatic carbocycles. The van der Waals surface area contributed by atoms with Crippen LogP contribution in [0.1, 0.15) is 67.0 Å². The number of furan rings is 1. The predicted molar refractivity (Wildman–Crippen MR) is 145 cm³/mol. The van der Waals surface area contributed by atoms with Crippen LogP contribution in [0, 0.1) is 13.8 Å². The Kier molecular flexibility index (Phi) is 6.97. The molecule has 0 radical (unpaired) electrons. The van der Waals surface area contributed by atoms with E-state index < -0.39 is 0 Å². The van der Waals surface area contributed by atoms with Crippen molar-refractivity contribution < 1.29 is 18.7 Å². The zero-order valence-corrected chi connectivity index (χ0v) is 23.1. The number of ether oxygens (including phenoxy) is 2. The largest absolute Gasteiger partial charge is 0.497 e. The van der Waals surface area contributed by atoms with Gasteiger partial charge < -0.3 is 18.8 Å². The van der Waals surface area contributed by atoms with Crippen LogP contribution in [-0.2, 0) is 17.8 Å². The number of nitrogens with zero attached hydrogens (tertiary/aromatic N) is 2. The first kappa shape index (κ1) is 25.7. The van der Waals surface area contributed by atoms with Crippen molar-refractivity contribution in [2.75, 3.05) is 33.9 Å². The Hall–Kier alpha value is -2.99. The number of carbonyl (C=O) groups excluding carboxylic acids is 1. The molecule has 1 saturated heterocycles. The summed E-state index contributed by atoms with van der Waals surface area (Å²) in [5.41, 5.74) is 7.10. The number of hydrogen-bond acceptors (Lipinski definition) is 5. The molecule has 3 aliphatic rings. The van der Waals surface area contributed by atoms with E-state index in [1.54, 1.807) is 14.2 Å². The highest BCUT2D eigenvalue weighted by molar-refractivity contribution is 5.90. The van der Waals surface area contributed by atoms with Gasteiger partial charge in [0.15, 0.2) is 0 Å². The zero-order chi connectivity index (χ0) is 26.3. The van der Waals surface area contributed by atoms with Gasteiger partial charge in [-0.2, -0.15) is 0 Å². The summed E-state index contributed by atoms with van der Waals surface area (Å²) < 4.78 is 17.2. The summed E-state index contributed by atoms with van der Waals surface area (Å²) in [7, 11) is 3.41. The lowest BCUT2D eigenvalue weighted by Crippen LogP contribution is -2.57. The van der Waals surface area contributed by atoms with Crippen molar-refractivity contribution in [3.8, 4) is 11.5 Å². The highest BCUT2D eigenvalue weighted by Crippen LogP contribution is 2.46. The number of fused-ring (bicyclic) bond motifs is 4. The first-order valence-corrected chi connectivity index (χ1v) is 13.5. The van der Waals surface area contributed by atoms with Crippen LogP contribution in [0.25, 0.3) is 0 Å². The molecule has 1 aromatic carbocycles. The summed E-state index contributed by atoms with van der Waals surface area (Å²) in [5.74, 6) is 3.00. The fourth-order valence-corrected chi connectivity index (χ4v) is 6.71. The molecule has 0 N–H and O–H groups in total. The van der Waals surface area contributed by atoms with Crippen LogP contribution >= 0.6 is 0 Å². The fourth-order valence-electron chi connectivity index (χ4n) is 6.71. The van der Waals surface area contributed by atoms with E-state index in [1.165, 1.54) is 33.4 Å². The van der Waals surface area contributed by atoms with E-state index in [1.807, 2.05) is 18.4 Å². The van der Waals surface area contributed by atoms with Gasteiger partial charge in [-0.15, -0.1) is 0 Å². The number of methoxy groups -OCH3 is 2. The van der Waals surface area contributed by atoms with Crippen LogP contribution in [0.15, 0.2) is 46.1 Å². The zero-order valence-electron chi connectivity index (χ0n) is 23.1. The monoisotopic (exact) mass is 504 g/mol. The standard InChI is InChI=1S/C31H40N2O4/c1-7-33-29(34)15-23-13-24-16-26(35-5)17-27(36-6)30(24)20(2)12-25(14-23)31(33)8-10-32(11-9-31)18-28-22(4)21(3)19-37-28/h12,15-17,19-20H,7-11,13-14,18H2,1-6H3/b25-12+. The molecular weight excluding hydrogens is 464 g/mol. The molecule has 6 heteroatoms. The van der Waals surface area contributed by atoms with E-state index in [2.05, 4.69) is 49.6 Å². The van der Waals surface area contributed by atoms with Gasteiger partial charge in [-0.3, -0.25) is 9.69 Å². The minimum Gasteiger partial charge on any atom is -0.497 e. The highest BCUT2D eigenvalue weighted by atomic mass is 16.5. The van der Waals surface area contributed by atoms with Crippen molar-refractivity contribution in [2.45, 2.75) is 71.4 Å². The number of allylic oxidation sites excluding steroid dienone is 2. The highest BCUT2D eigenvalue weighted by Gasteiger charge is 2.46. The first-order chi connectivity index (χ1) is 17.8. The Bertz CT molecular complexity index is 1250. The first-order valence-electron chi connectivity index (χ1n) is 13.5. The van der Waals surface area contributed by atoms with Gasteiger partial charge in [0.25, 0.3) is 0 Å². The molecule has 2 aromatic rings. The molecule has 198 valence electrons. The summed E-state index contributed by atoms with van der Waals surface area (Å²) in [6, 6.07) is 4.08. The number of carbonyl (C=O) groups is 1. The number of benzene rings is 1. The molecule has 1 fully saturated rings. The van der Waals surface area contributed by atoms with Crippen molar-refractivity contribution in [1.82, 2.24) is 9.80 Å². The third-order valence-electron chi connectivity index (χ3n) is 8.86. The van der Waals surface area contributed by atoms with Gasteiger partial charge in [0.05, 0.1) is 32.6 Å². The quantitative estimate of drug-likeness (QED) is 0.488. The minimum atomic E-state index is -0.264. The summed E-state index contributed by atoms with van der Waals surface area (Å²) in [6.45, 7) is 12.0. The Morgan fingerprint density at radius 1 is 1.11 bits per heavy atom. The number of piperidine rings is 1. The maximum Gasteiger partial charge on any atom is 0.247 e. The Morgan fingerprint density at radius 3 is 2.49 bits per heavy atom. The van der Waals surface area contributed by atoms with Gasteiger partial charge in [0.1, 0.15) is 17.3 Å². The van der Waals surface area contributed by atoms with Gasteiger partial charge in [-0.25, -0.2) is 0 Å². The molecule has 2 bridgehead atoms. The lowest BCUT2D eigenvalue weighted by atomic mass is 9.73. The smallest absolute Gasteiger partial charge is 0.247 e. The molecule has 5 rings (SSSR count). The average molecular weight is 505 g/mol. The van der Waals surface area contributed by atoms with Crippen LogP contribution in [0.2, 0.25) is 0 Å². The Morgan fingerprint density at radius 2 is 1.86 bits per heavy atom. The third kappa shape index (κ3) is 4.50. The van der Waals surface area contributed by atoms with E-state index >= 15 is 0 Å². The molecule has 2 aliphatic heterocycles. The Balaban J connectivity index is 1.52. The van der Waals surface area contributed by atoms with E-state index in [4.69, 9.17) is 13.9 Å². The second kappa shape index (κ2) is 10.1. The second-order valence-corrected chi connectivity index (χ2v) is 10.9. The van der Waals surface area contributed by atoms with Gasteiger partial charge in [-0.1, -0.05) is 18.6 Å². The van der Waals surface area contributed by atoms with Crippen LogP contribution in [0.3, 0.4) is 0 Å². The number of amides is 1. The SMILES string of the molecule is CCN1C(=O)C=C2C/C(=C\C(C)c3c(cc(OC)cc3OC)C2)C12CCN(Cc1occ(C)c1C)CC2. The molecule has 1 spiro atoms. The second-order valence-electron chi connectivity index (χ2n) is 10.9. The van der Waals surface area contributed by atoms with E-state index in [9.17, 15) is 4.79 Å². The van der Waals surface area contributed by atoms with Crippen LogP contribution < -0.4 is 9.47 Å². The van der Waals surface area contributed by atoms with Crippen LogP contribution in [0.4, 0.5) is 0 Å². The molecule has 3 heterocycles. The topological polar surface area (TPSA) is 55.2 Å². The lowest BCUT2D eigenvalue weighted by molar-refractivity contribution is -0.132. The molecule has 0 saturated carbocycles. The minimum absolute atomic E-state index is 0.137. The third-order valence-corrected chi connectivity index (χ3v) is 8.86. The maximum atomic E-state index is 13.7. The van der Waals surface area contributed by atoms with E-state index in [-0.39, 0.29) is 17.4 Å². The van der Waals surface area contributed by atoms with Crippen molar-refractivity contribution in [3.63, 3.8) is 0 Å². The van der Waals surface area contributed by atoms with Crippen LogP contribution in [0.5, 0.6) is 11.5 Å². The molecule has 1 aromatic heterocycles. The predicted octanol–water partition coefficient (Wildman–Crippen LogP) is 5.71. The molecule has 1 atom stereocenters. The molecule has 6 nitrogen and oxygen atoms in total. The van der Waals surface area contributed by atoms with Crippen LogP contribution in [-0.4, -0.2) is 55.1 Å². The molecule has 1 amide bonds. The van der Waals surface area contributed by atoms with E-state index in [0.717, 1.165) is 62.6 Å². The summed E-state index contributed by atoms with van der Waals surface area (Å²) >= 11 is 0. The molecule has 1 unspecified atom stereocenters. The van der Waals surface area contributed by atoms with Gasteiger partial charge in [0, 0.05) is 43.3 Å². The fraction of sp³-hybridized carbons (Fsp3) is 0.516. The number of likely N-dealkylation sites (N-methyl/N-ethyl adjacent to an activating group) is 1. The number of hydrogen-bond donors (Lipinski definition) is 0. The van der Waals surface area contributed by atoms with Gasteiger partial charge in [-0.05, 0) is 74.8 Å². The lowest BCUT2D eigenvalue weighted by Gasteiger charge is -2.49. The van der Waals surface area contributed by atoms with Gasteiger partial charge >= 0.3 is 0 Å². The summed E-state index contributed by atoms with van der Waals surface area (Å²) in [4.78, 5) is 18.3. The summed E-state index contributed by atoms with van der Waals surface area (Å²) in [6.07, 6.45) is 9.61. The van der Waals surface area contributed by atoms with Crippen molar-refractivity contribution in [3.05, 3.63) is 69.7 Å². The maximum absolute atomic E-state index is 13.7. The van der Waals surface area contributed by atoms with Crippen molar-refractivity contribution >= 4 is 5.91 Å². The normalized spacial score (nSPS) is 22.9. The molecule has 37 heavy (non-hydrogen) atoms. The Labute approximate surface area is 220 Å². The van der Waals surface area contributed by atoms with Crippen molar-refractivity contribution in [1.29, 1.82) is 0 Å². The van der Waals surface area contributed by atoms with E-state index in [0.29, 0.717) is 6.54 Å². The number of rotatable bonds is 5. The average Bonchev–Trinajstić information content (AvgIpc) is 3.14. The summed E-state index contributed by atoms with van der Waals surface area (Å²) in [5, 5.41) is 0. The number of likely N-dealkylation sites (tertiary alicyclic amines) is 1. The number of aryl methyl sites for hydroxylation is 1.